The molecular weight excluding hydrogens is 586 g/mol. The number of carbonyl (C=O) groups is 3. The van der Waals surface area contributed by atoms with Crippen molar-refractivity contribution < 1.29 is 33.3 Å². The SMILES string of the molecule is CCC(C)C(=O)OCCCCOc1ccc(C(=O)Oc2ccc(C(=O)Oc3ccc(N=Nc4ccc(C#N)cc4)cc3)cc2)cc1. The van der Waals surface area contributed by atoms with Gasteiger partial charge in [0.2, 0.25) is 0 Å². The van der Waals surface area contributed by atoms with Crippen LogP contribution in [-0.4, -0.2) is 31.1 Å². The van der Waals surface area contributed by atoms with Crippen LogP contribution in [0.15, 0.2) is 107 Å². The summed E-state index contributed by atoms with van der Waals surface area (Å²) in [5, 5.41) is 17.1. The van der Waals surface area contributed by atoms with E-state index >= 15 is 0 Å². The minimum absolute atomic E-state index is 0.0889. The van der Waals surface area contributed by atoms with Crippen LogP contribution < -0.4 is 14.2 Å². The van der Waals surface area contributed by atoms with Gasteiger partial charge in [0.25, 0.3) is 0 Å². The van der Waals surface area contributed by atoms with Gasteiger partial charge in [-0.15, -0.1) is 0 Å². The van der Waals surface area contributed by atoms with Crippen LogP contribution in [0, 0.1) is 17.2 Å². The largest absolute Gasteiger partial charge is 0.494 e. The zero-order valence-corrected chi connectivity index (χ0v) is 25.5. The summed E-state index contributed by atoms with van der Waals surface area (Å²) in [5.74, 6) is -0.188. The van der Waals surface area contributed by atoms with Crippen molar-refractivity contribution >= 4 is 29.3 Å². The van der Waals surface area contributed by atoms with E-state index in [-0.39, 0.29) is 23.2 Å². The molecule has 0 N–H and O–H groups in total. The third kappa shape index (κ3) is 10.1. The van der Waals surface area contributed by atoms with Gasteiger partial charge in [0.05, 0.1) is 53.3 Å². The molecule has 0 aliphatic rings. The van der Waals surface area contributed by atoms with Crippen molar-refractivity contribution in [1.29, 1.82) is 5.26 Å². The molecule has 0 amide bonds. The summed E-state index contributed by atoms with van der Waals surface area (Å²) in [6.45, 7) is 4.62. The summed E-state index contributed by atoms with van der Waals surface area (Å²) in [4.78, 5) is 36.9. The molecule has 0 saturated heterocycles. The molecule has 0 aromatic heterocycles. The van der Waals surface area contributed by atoms with Gasteiger partial charge in [0.15, 0.2) is 0 Å². The number of ether oxygens (including phenoxy) is 4. The normalized spacial score (nSPS) is 11.3. The first-order valence-corrected chi connectivity index (χ1v) is 14.8. The highest BCUT2D eigenvalue weighted by atomic mass is 16.5. The quantitative estimate of drug-likeness (QED) is 0.0597. The lowest BCUT2D eigenvalue weighted by Crippen LogP contribution is -2.15. The van der Waals surface area contributed by atoms with Crippen LogP contribution in [0.2, 0.25) is 0 Å². The Balaban J connectivity index is 1.19. The summed E-state index contributed by atoms with van der Waals surface area (Å²) in [5.41, 5.74) is 2.32. The maximum atomic E-state index is 12.6. The summed E-state index contributed by atoms with van der Waals surface area (Å²) >= 11 is 0. The zero-order valence-electron chi connectivity index (χ0n) is 25.5. The number of esters is 3. The topological polar surface area (TPSA) is 137 Å². The molecule has 234 valence electrons. The molecule has 46 heavy (non-hydrogen) atoms. The molecule has 0 radical (unpaired) electrons. The Kier molecular flexibility index (Phi) is 12.1. The lowest BCUT2D eigenvalue weighted by molar-refractivity contribution is -0.148. The maximum Gasteiger partial charge on any atom is 0.343 e. The first kappa shape index (κ1) is 33.1. The molecule has 4 rings (SSSR count). The van der Waals surface area contributed by atoms with Crippen LogP contribution in [0.25, 0.3) is 0 Å². The van der Waals surface area contributed by atoms with Gasteiger partial charge in [-0.2, -0.15) is 15.5 Å². The fourth-order valence-corrected chi connectivity index (χ4v) is 3.85. The second-order valence-electron chi connectivity index (χ2n) is 10.2. The number of azo groups is 1. The molecule has 0 heterocycles. The van der Waals surface area contributed by atoms with Gasteiger partial charge < -0.3 is 18.9 Å². The Morgan fingerprint density at radius 1 is 0.674 bits per heavy atom. The number of nitriles is 1. The lowest BCUT2D eigenvalue weighted by atomic mass is 10.1. The highest BCUT2D eigenvalue weighted by Crippen LogP contribution is 2.23. The Morgan fingerprint density at radius 3 is 1.63 bits per heavy atom. The summed E-state index contributed by atoms with van der Waals surface area (Å²) in [6.07, 6.45) is 2.18. The number of hydrogen-bond acceptors (Lipinski definition) is 10. The van der Waals surface area contributed by atoms with Crippen LogP contribution in [0.4, 0.5) is 11.4 Å². The van der Waals surface area contributed by atoms with Crippen LogP contribution in [0.1, 0.15) is 59.4 Å². The number of rotatable bonds is 14. The standard InChI is InChI=1S/C36H33N3O7/c1-3-25(2)34(40)44-23-5-4-22-43-31-16-8-27(9-17-31)35(41)45-32-18-10-28(11-19-32)36(42)46-33-20-14-30(15-21-33)39-38-29-12-6-26(24-37)7-13-29/h6-21,25H,3-5,22-23H2,1-2H3. The zero-order chi connectivity index (χ0) is 32.7. The van der Waals surface area contributed by atoms with E-state index in [4.69, 9.17) is 24.2 Å². The Labute approximate surface area is 267 Å². The van der Waals surface area contributed by atoms with Crippen LogP contribution in [-0.2, 0) is 9.53 Å². The predicted octanol–water partition coefficient (Wildman–Crippen LogP) is 8.16. The molecule has 10 heteroatoms. The highest BCUT2D eigenvalue weighted by molar-refractivity contribution is 5.92. The molecule has 0 aliphatic carbocycles. The molecule has 0 spiro atoms. The van der Waals surface area contributed by atoms with Gasteiger partial charge >= 0.3 is 17.9 Å². The van der Waals surface area contributed by atoms with Gasteiger partial charge in [0, 0.05) is 0 Å². The van der Waals surface area contributed by atoms with Crippen molar-refractivity contribution in [2.75, 3.05) is 13.2 Å². The minimum Gasteiger partial charge on any atom is -0.494 e. The van der Waals surface area contributed by atoms with Crippen LogP contribution in [0.5, 0.6) is 17.2 Å². The van der Waals surface area contributed by atoms with E-state index in [2.05, 4.69) is 10.2 Å². The summed E-state index contributed by atoms with van der Waals surface area (Å²) < 4.78 is 21.8. The summed E-state index contributed by atoms with van der Waals surface area (Å²) in [7, 11) is 0. The van der Waals surface area contributed by atoms with E-state index in [1.54, 1.807) is 72.8 Å². The van der Waals surface area contributed by atoms with Crippen molar-refractivity contribution in [1.82, 2.24) is 0 Å². The first-order chi connectivity index (χ1) is 22.3. The Morgan fingerprint density at radius 2 is 1.13 bits per heavy atom. The second-order valence-corrected chi connectivity index (χ2v) is 10.2. The highest BCUT2D eigenvalue weighted by Gasteiger charge is 2.13. The number of hydrogen-bond donors (Lipinski definition) is 0. The monoisotopic (exact) mass is 619 g/mol. The fraction of sp³-hybridized carbons (Fsp3) is 0.222. The van der Waals surface area contributed by atoms with Crippen molar-refractivity contribution in [3.05, 3.63) is 114 Å². The van der Waals surface area contributed by atoms with E-state index in [1.165, 1.54) is 24.3 Å². The van der Waals surface area contributed by atoms with E-state index in [1.807, 2.05) is 19.9 Å². The first-order valence-electron chi connectivity index (χ1n) is 14.8. The average Bonchev–Trinajstić information content (AvgIpc) is 3.09. The molecule has 4 aromatic rings. The van der Waals surface area contributed by atoms with Crippen molar-refractivity contribution in [3.8, 4) is 23.3 Å². The Bertz CT molecular complexity index is 1680. The van der Waals surface area contributed by atoms with Gasteiger partial charge in [0.1, 0.15) is 17.2 Å². The number of nitrogens with zero attached hydrogens (tertiary/aromatic N) is 3. The third-order valence-electron chi connectivity index (χ3n) is 6.78. The smallest absolute Gasteiger partial charge is 0.343 e. The number of carbonyl (C=O) groups excluding carboxylic acids is 3. The van der Waals surface area contributed by atoms with Gasteiger partial charge in [-0.1, -0.05) is 13.8 Å². The molecule has 4 aromatic carbocycles. The van der Waals surface area contributed by atoms with Crippen LogP contribution in [0.3, 0.4) is 0 Å². The average molecular weight is 620 g/mol. The van der Waals surface area contributed by atoms with Crippen molar-refractivity contribution in [2.24, 2.45) is 16.1 Å². The van der Waals surface area contributed by atoms with E-state index in [0.29, 0.717) is 53.6 Å². The maximum absolute atomic E-state index is 12.6. The molecule has 1 atom stereocenters. The minimum atomic E-state index is -0.576. The van der Waals surface area contributed by atoms with E-state index in [9.17, 15) is 14.4 Å². The van der Waals surface area contributed by atoms with Crippen molar-refractivity contribution in [3.63, 3.8) is 0 Å². The second kappa shape index (κ2) is 16.9. The predicted molar refractivity (Wildman–Crippen MR) is 170 cm³/mol. The summed E-state index contributed by atoms with van der Waals surface area (Å²) in [6, 6.07) is 27.9. The molecule has 10 nitrogen and oxygen atoms in total. The fourth-order valence-electron chi connectivity index (χ4n) is 3.85. The van der Waals surface area contributed by atoms with Gasteiger partial charge in [-0.05, 0) is 116 Å². The molecule has 0 aliphatic heterocycles. The Hall–Kier alpha value is -5.82. The number of benzene rings is 4. The van der Waals surface area contributed by atoms with Crippen LogP contribution >= 0.6 is 0 Å². The molecule has 0 fully saturated rings. The van der Waals surface area contributed by atoms with Crippen molar-refractivity contribution in [2.45, 2.75) is 33.1 Å². The molecular formula is C36H33N3O7. The third-order valence-corrected chi connectivity index (χ3v) is 6.78. The van der Waals surface area contributed by atoms with Gasteiger partial charge in [-0.25, -0.2) is 9.59 Å². The van der Waals surface area contributed by atoms with Gasteiger partial charge in [-0.3, -0.25) is 4.79 Å². The lowest BCUT2D eigenvalue weighted by Gasteiger charge is -2.10. The molecule has 0 bridgehead atoms. The molecule has 1 unspecified atom stereocenters. The van der Waals surface area contributed by atoms with E-state index in [0.717, 1.165) is 12.8 Å². The molecule has 0 saturated carbocycles. The number of unbranched alkanes of at least 4 members (excludes halogenated alkanes) is 1. The van der Waals surface area contributed by atoms with E-state index < -0.39 is 11.9 Å².